The van der Waals surface area contributed by atoms with Gasteiger partial charge in [-0.25, -0.2) is 14.4 Å². The summed E-state index contributed by atoms with van der Waals surface area (Å²) in [4.78, 5) is 19.5. The number of carbonyl (C=O) groups excluding carboxylic acids is 1. The number of phenolic OH excluding ortho intramolecular Hbond substituents is 1. The second-order valence-electron chi connectivity index (χ2n) is 3.34. The first-order chi connectivity index (χ1) is 8.56. The van der Waals surface area contributed by atoms with E-state index in [2.05, 4.69) is 31.2 Å². The SMILES string of the molecule is O=C(Nc1cnc(Br)cn1)c1ccc(F)cc1O. The van der Waals surface area contributed by atoms with Crippen molar-refractivity contribution in [2.24, 2.45) is 0 Å². The number of aromatic hydroxyl groups is 1. The van der Waals surface area contributed by atoms with Crippen molar-refractivity contribution in [1.29, 1.82) is 0 Å². The van der Waals surface area contributed by atoms with Crippen LogP contribution >= 0.6 is 15.9 Å². The van der Waals surface area contributed by atoms with Gasteiger partial charge >= 0.3 is 0 Å². The second kappa shape index (κ2) is 5.09. The number of nitrogens with one attached hydrogen (secondary N) is 1. The number of hydrogen-bond donors (Lipinski definition) is 2. The van der Waals surface area contributed by atoms with E-state index in [0.717, 1.165) is 12.1 Å². The third-order valence-corrected chi connectivity index (χ3v) is 2.48. The quantitative estimate of drug-likeness (QED) is 0.892. The molecule has 1 heterocycles. The molecule has 0 spiro atoms. The van der Waals surface area contributed by atoms with Crippen LogP contribution in [0.5, 0.6) is 5.75 Å². The van der Waals surface area contributed by atoms with E-state index in [4.69, 9.17) is 0 Å². The molecule has 7 heteroatoms. The highest BCUT2D eigenvalue weighted by atomic mass is 79.9. The van der Waals surface area contributed by atoms with Crippen LogP contribution in [0.25, 0.3) is 0 Å². The average Bonchev–Trinajstić information content (AvgIpc) is 2.32. The zero-order valence-electron chi connectivity index (χ0n) is 8.89. The largest absolute Gasteiger partial charge is 0.507 e. The minimum absolute atomic E-state index is 0.0406. The average molecular weight is 312 g/mol. The molecule has 0 atom stereocenters. The predicted molar refractivity (Wildman–Crippen MR) is 65.8 cm³/mol. The molecule has 0 radical (unpaired) electrons. The third kappa shape index (κ3) is 2.80. The van der Waals surface area contributed by atoms with Crippen molar-refractivity contribution in [2.45, 2.75) is 0 Å². The molecular weight excluding hydrogens is 305 g/mol. The monoisotopic (exact) mass is 311 g/mol. The normalized spacial score (nSPS) is 10.1. The van der Waals surface area contributed by atoms with Gasteiger partial charge in [0.25, 0.3) is 5.91 Å². The topological polar surface area (TPSA) is 75.1 Å². The van der Waals surface area contributed by atoms with Crippen molar-refractivity contribution in [2.75, 3.05) is 5.32 Å². The molecule has 0 aliphatic carbocycles. The van der Waals surface area contributed by atoms with Gasteiger partial charge in [-0.3, -0.25) is 4.79 Å². The van der Waals surface area contributed by atoms with Gasteiger partial charge < -0.3 is 10.4 Å². The Kier molecular flexibility index (Phi) is 3.52. The maximum absolute atomic E-state index is 12.8. The summed E-state index contributed by atoms with van der Waals surface area (Å²) in [6, 6.07) is 3.14. The molecule has 2 N–H and O–H groups in total. The van der Waals surface area contributed by atoms with Gasteiger partial charge in [-0.05, 0) is 28.1 Å². The van der Waals surface area contributed by atoms with Crippen molar-refractivity contribution >= 4 is 27.7 Å². The highest BCUT2D eigenvalue weighted by Gasteiger charge is 2.12. The number of nitrogens with zero attached hydrogens (tertiary/aromatic N) is 2. The molecule has 18 heavy (non-hydrogen) atoms. The fraction of sp³-hybridized carbons (Fsp3) is 0. The maximum Gasteiger partial charge on any atom is 0.260 e. The zero-order chi connectivity index (χ0) is 13.1. The van der Waals surface area contributed by atoms with Gasteiger partial charge in [0.15, 0.2) is 5.82 Å². The van der Waals surface area contributed by atoms with Gasteiger partial charge in [0.1, 0.15) is 16.2 Å². The lowest BCUT2D eigenvalue weighted by Gasteiger charge is -2.05. The van der Waals surface area contributed by atoms with Crippen LogP contribution in [0, 0.1) is 5.82 Å². The first kappa shape index (κ1) is 12.4. The Labute approximate surface area is 110 Å². The van der Waals surface area contributed by atoms with Crippen molar-refractivity contribution < 1.29 is 14.3 Å². The number of anilines is 1. The van der Waals surface area contributed by atoms with Crippen LogP contribution in [0.4, 0.5) is 10.2 Å². The Hall–Kier alpha value is -2.02. The van der Waals surface area contributed by atoms with E-state index in [-0.39, 0.29) is 11.4 Å². The summed E-state index contributed by atoms with van der Waals surface area (Å²) in [5.41, 5.74) is -0.0406. The van der Waals surface area contributed by atoms with E-state index < -0.39 is 17.5 Å². The van der Waals surface area contributed by atoms with Crippen molar-refractivity contribution in [3.8, 4) is 5.75 Å². The minimum atomic E-state index is -0.618. The summed E-state index contributed by atoms with van der Waals surface area (Å²) in [5, 5.41) is 11.9. The summed E-state index contributed by atoms with van der Waals surface area (Å²) < 4.78 is 13.3. The number of aromatic nitrogens is 2. The molecule has 0 saturated carbocycles. The van der Waals surface area contributed by atoms with Crippen LogP contribution < -0.4 is 5.32 Å². The van der Waals surface area contributed by atoms with Crippen molar-refractivity contribution in [3.05, 3.63) is 46.6 Å². The molecule has 0 aliphatic heterocycles. The molecule has 2 aromatic rings. The molecule has 2 rings (SSSR count). The maximum atomic E-state index is 12.8. The standard InChI is InChI=1S/C11H7BrFN3O2/c12-9-4-15-10(5-14-9)16-11(18)7-2-1-6(13)3-8(7)17/h1-5,17H,(H,15,16,18). The molecule has 0 fully saturated rings. The van der Waals surface area contributed by atoms with Crippen LogP contribution in [0.3, 0.4) is 0 Å². The summed E-state index contributed by atoms with van der Waals surface area (Å²) in [5.74, 6) is -1.42. The molecule has 5 nitrogen and oxygen atoms in total. The van der Waals surface area contributed by atoms with Crippen LogP contribution in [-0.2, 0) is 0 Å². The number of halogens is 2. The van der Waals surface area contributed by atoms with Crippen LogP contribution in [-0.4, -0.2) is 21.0 Å². The molecule has 0 bridgehead atoms. The Bertz CT molecular complexity index is 589. The number of phenols is 1. The van der Waals surface area contributed by atoms with Gasteiger partial charge in [0.05, 0.1) is 18.0 Å². The van der Waals surface area contributed by atoms with Gasteiger partial charge in [-0.15, -0.1) is 0 Å². The number of carbonyl (C=O) groups is 1. The van der Waals surface area contributed by atoms with Crippen molar-refractivity contribution in [1.82, 2.24) is 9.97 Å². The van der Waals surface area contributed by atoms with E-state index in [0.29, 0.717) is 4.60 Å². The smallest absolute Gasteiger partial charge is 0.260 e. The molecule has 0 aliphatic rings. The van der Waals surface area contributed by atoms with Gasteiger partial charge in [-0.1, -0.05) is 0 Å². The molecule has 1 aromatic heterocycles. The third-order valence-electron chi connectivity index (χ3n) is 2.07. The highest BCUT2D eigenvalue weighted by Crippen LogP contribution is 2.19. The van der Waals surface area contributed by atoms with Gasteiger partial charge in [0.2, 0.25) is 0 Å². The lowest BCUT2D eigenvalue weighted by Crippen LogP contribution is -2.13. The van der Waals surface area contributed by atoms with E-state index in [1.807, 2.05) is 0 Å². The summed E-state index contributed by atoms with van der Waals surface area (Å²) in [6.07, 6.45) is 2.77. The minimum Gasteiger partial charge on any atom is -0.507 e. The van der Waals surface area contributed by atoms with E-state index in [1.165, 1.54) is 18.5 Å². The van der Waals surface area contributed by atoms with Crippen LogP contribution in [0.15, 0.2) is 35.2 Å². The summed E-state index contributed by atoms with van der Waals surface area (Å²) in [7, 11) is 0. The Balaban J connectivity index is 2.19. The number of rotatable bonds is 2. The number of amides is 1. The highest BCUT2D eigenvalue weighted by molar-refractivity contribution is 9.10. The molecule has 92 valence electrons. The first-order valence-electron chi connectivity index (χ1n) is 4.83. The lowest BCUT2D eigenvalue weighted by atomic mass is 10.2. The van der Waals surface area contributed by atoms with Gasteiger partial charge in [0, 0.05) is 6.07 Å². The predicted octanol–water partition coefficient (Wildman–Crippen LogP) is 2.34. The van der Waals surface area contributed by atoms with E-state index in [1.54, 1.807) is 0 Å². The second-order valence-corrected chi connectivity index (χ2v) is 4.15. The summed E-state index contributed by atoms with van der Waals surface area (Å²) >= 11 is 3.11. The van der Waals surface area contributed by atoms with E-state index in [9.17, 15) is 14.3 Å². The molecule has 1 aromatic carbocycles. The first-order valence-corrected chi connectivity index (χ1v) is 5.63. The molecule has 1 amide bonds. The van der Waals surface area contributed by atoms with E-state index >= 15 is 0 Å². The Morgan fingerprint density at radius 3 is 2.72 bits per heavy atom. The lowest BCUT2D eigenvalue weighted by molar-refractivity contribution is 0.102. The van der Waals surface area contributed by atoms with Gasteiger partial charge in [-0.2, -0.15) is 0 Å². The van der Waals surface area contributed by atoms with Crippen molar-refractivity contribution in [3.63, 3.8) is 0 Å². The number of hydrogen-bond acceptors (Lipinski definition) is 4. The molecule has 0 unspecified atom stereocenters. The van der Waals surface area contributed by atoms with Crippen LogP contribution in [0.2, 0.25) is 0 Å². The fourth-order valence-electron chi connectivity index (χ4n) is 1.26. The number of benzene rings is 1. The summed E-state index contributed by atoms with van der Waals surface area (Å²) in [6.45, 7) is 0. The zero-order valence-corrected chi connectivity index (χ0v) is 10.5. The van der Waals surface area contributed by atoms with Crippen LogP contribution in [0.1, 0.15) is 10.4 Å². The Morgan fingerprint density at radius 2 is 2.11 bits per heavy atom. The molecular formula is C11H7BrFN3O2. The fourth-order valence-corrected chi connectivity index (χ4v) is 1.46. The molecule has 0 saturated heterocycles. The Morgan fingerprint density at radius 1 is 1.33 bits per heavy atom.